The fraction of sp³-hybridized carbons (Fsp3) is 0.688. The first-order valence-electron chi connectivity index (χ1n) is 7.73. The second-order valence-electron chi connectivity index (χ2n) is 6.21. The summed E-state index contributed by atoms with van der Waals surface area (Å²) in [5.74, 6) is 1.03. The Morgan fingerprint density at radius 1 is 1.48 bits per heavy atom. The topological polar surface area (TPSA) is 45.6 Å². The molecule has 0 aromatic carbocycles. The standard InChI is InChI=1S/C16H23BrN2O2/c1-3-21-14-9-13(20)16(14)4-6-19(7-5-16)15-8-11(2)12(17)10-18-15/h8,10,13-14,20H,3-7,9H2,1-2H3. The molecule has 1 N–H and O–H groups in total. The third-order valence-electron chi connectivity index (χ3n) is 5.16. The zero-order valence-electron chi connectivity index (χ0n) is 12.7. The highest BCUT2D eigenvalue weighted by Gasteiger charge is 2.56. The fourth-order valence-electron chi connectivity index (χ4n) is 3.67. The molecule has 2 atom stereocenters. The van der Waals surface area contributed by atoms with Gasteiger partial charge in [-0.2, -0.15) is 0 Å². The lowest BCUT2D eigenvalue weighted by Crippen LogP contribution is -2.62. The Kier molecular flexibility index (Phi) is 4.26. The molecule has 1 spiro atoms. The number of aliphatic hydroxyl groups excluding tert-OH is 1. The van der Waals surface area contributed by atoms with Crippen LogP contribution in [-0.2, 0) is 4.74 Å². The van der Waals surface area contributed by atoms with Gasteiger partial charge in [-0.3, -0.25) is 0 Å². The number of halogens is 1. The molecule has 1 saturated carbocycles. The summed E-state index contributed by atoms with van der Waals surface area (Å²) in [6, 6.07) is 2.12. The highest BCUT2D eigenvalue weighted by atomic mass is 79.9. The highest BCUT2D eigenvalue weighted by molar-refractivity contribution is 9.10. The van der Waals surface area contributed by atoms with E-state index in [-0.39, 0.29) is 17.6 Å². The zero-order valence-corrected chi connectivity index (χ0v) is 14.3. The number of hydrogen-bond donors (Lipinski definition) is 1. The summed E-state index contributed by atoms with van der Waals surface area (Å²) < 4.78 is 6.86. The molecule has 4 nitrogen and oxygen atoms in total. The van der Waals surface area contributed by atoms with E-state index in [0.717, 1.165) is 49.2 Å². The van der Waals surface area contributed by atoms with Gasteiger partial charge in [0.25, 0.3) is 0 Å². The highest BCUT2D eigenvalue weighted by Crippen LogP contribution is 2.51. The molecule has 21 heavy (non-hydrogen) atoms. The van der Waals surface area contributed by atoms with Gasteiger partial charge < -0.3 is 14.7 Å². The zero-order chi connectivity index (χ0) is 15.0. The van der Waals surface area contributed by atoms with Crippen LogP contribution in [0, 0.1) is 12.3 Å². The molecule has 3 rings (SSSR count). The second kappa shape index (κ2) is 5.86. The van der Waals surface area contributed by atoms with Gasteiger partial charge in [-0.05, 0) is 54.2 Å². The van der Waals surface area contributed by atoms with Crippen molar-refractivity contribution in [1.82, 2.24) is 4.98 Å². The predicted molar refractivity (Wildman–Crippen MR) is 86.6 cm³/mol. The fourth-order valence-corrected chi connectivity index (χ4v) is 3.88. The van der Waals surface area contributed by atoms with Crippen LogP contribution >= 0.6 is 15.9 Å². The van der Waals surface area contributed by atoms with E-state index in [2.05, 4.69) is 38.8 Å². The van der Waals surface area contributed by atoms with Crippen LogP contribution in [0.1, 0.15) is 31.7 Å². The Balaban J connectivity index is 1.68. The van der Waals surface area contributed by atoms with Crippen molar-refractivity contribution in [2.75, 3.05) is 24.6 Å². The molecule has 0 amide bonds. The van der Waals surface area contributed by atoms with E-state index in [1.54, 1.807) is 0 Å². The molecule has 2 aliphatic rings. The molecule has 0 bridgehead atoms. The summed E-state index contributed by atoms with van der Waals surface area (Å²) in [6.07, 6.45) is 4.67. The van der Waals surface area contributed by atoms with Crippen molar-refractivity contribution in [3.8, 4) is 0 Å². The quantitative estimate of drug-likeness (QED) is 0.906. The van der Waals surface area contributed by atoms with Crippen LogP contribution in [0.2, 0.25) is 0 Å². The van der Waals surface area contributed by atoms with E-state index in [9.17, 15) is 5.11 Å². The summed E-state index contributed by atoms with van der Waals surface area (Å²) in [5, 5.41) is 10.2. The third kappa shape index (κ3) is 2.60. The maximum atomic E-state index is 10.2. The number of rotatable bonds is 3. The smallest absolute Gasteiger partial charge is 0.128 e. The maximum absolute atomic E-state index is 10.2. The number of aliphatic hydroxyl groups is 1. The first kappa shape index (κ1) is 15.3. The van der Waals surface area contributed by atoms with E-state index in [1.807, 2.05) is 13.1 Å². The maximum Gasteiger partial charge on any atom is 0.128 e. The molecule has 1 aromatic heterocycles. The molecule has 0 radical (unpaired) electrons. The minimum absolute atomic E-state index is 0.0169. The summed E-state index contributed by atoms with van der Waals surface area (Å²) >= 11 is 3.49. The SMILES string of the molecule is CCOC1CC(O)C12CCN(c1cc(C)c(Br)cn1)CC2. The van der Waals surface area contributed by atoms with E-state index >= 15 is 0 Å². The number of pyridine rings is 1. The third-order valence-corrected chi connectivity index (χ3v) is 5.99. The lowest BCUT2D eigenvalue weighted by molar-refractivity contribution is -0.199. The molecule has 116 valence electrons. The van der Waals surface area contributed by atoms with Gasteiger partial charge in [-0.15, -0.1) is 0 Å². The van der Waals surface area contributed by atoms with Crippen LogP contribution < -0.4 is 4.90 Å². The number of aromatic nitrogens is 1. The van der Waals surface area contributed by atoms with E-state index in [0.29, 0.717) is 0 Å². The van der Waals surface area contributed by atoms with Crippen LogP contribution in [0.5, 0.6) is 0 Å². The average Bonchev–Trinajstić information content (AvgIpc) is 2.50. The molecule has 1 saturated heterocycles. The molecule has 1 aliphatic carbocycles. The minimum Gasteiger partial charge on any atom is -0.392 e. The van der Waals surface area contributed by atoms with Gasteiger partial charge >= 0.3 is 0 Å². The number of anilines is 1. The van der Waals surface area contributed by atoms with Crippen molar-refractivity contribution in [3.63, 3.8) is 0 Å². The Labute approximate surface area is 134 Å². The summed E-state index contributed by atoms with van der Waals surface area (Å²) in [7, 11) is 0. The van der Waals surface area contributed by atoms with Gasteiger partial charge in [-0.1, -0.05) is 0 Å². The van der Waals surface area contributed by atoms with Gasteiger partial charge in [-0.25, -0.2) is 4.98 Å². The Morgan fingerprint density at radius 2 is 2.19 bits per heavy atom. The van der Waals surface area contributed by atoms with Crippen molar-refractivity contribution in [1.29, 1.82) is 0 Å². The van der Waals surface area contributed by atoms with Gasteiger partial charge in [0.05, 0.1) is 12.2 Å². The molecular formula is C16H23BrN2O2. The predicted octanol–water partition coefficient (Wildman–Crippen LogP) is 2.91. The summed E-state index contributed by atoms with van der Waals surface area (Å²) in [6.45, 7) is 6.73. The summed E-state index contributed by atoms with van der Waals surface area (Å²) in [4.78, 5) is 6.83. The average molecular weight is 355 g/mol. The monoisotopic (exact) mass is 354 g/mol. The van der Waals surface area contributed by atoms with Crippen molar-refractivity contribution in [2.24, 2.45) is 5.41 Å². The van der Waals surface area contributed by atoms with Crippen LogP contribution in [0.25, 0.3) is 0 Å². The van der Waals surface area contributed by atoms with Crippen molar-refractivity contribution in [2.45, 2.75) is 45.3 Å². The molecule has 5 heteroatoms. The second-order valence-corrected chi connectivity index (χ2v) is 7.06. The van der Waals surface area contributed by atoms with Crippen LogP contribution in [0.15, 0.2) is 16.7 Å². The number of piperidine rings is 1. The van der Waals surface area contributed by atoms with Crippen LogP contribution in [0.4, 0.5) is 5.82 Å². The first-order valence-corrected chi connectivity index (χ1v) is 8.53. The number of aryl methyl sites for hydroxylation is 1. The van der Waals surface area contributed by atoms with Crippen molar-refractivity contribution in [3.05, 3.63) is 22.3 Å². The number of hydrogen-bond acceptors (Lipinski definition) is 4. The molecule has 2 heterocycles. The molecular weight excluding hydrogens is 332 g/mol. The Hall–Kier alpha value is -0.650. The number of nitrogens with zero attached hydrogens (tertiary/aromatic N) is 2. The van der Waals surface area contributed by atoms with E-state index in [4.69, 9.17) is 4.74 Å². The molecule has 2 unspecified atom stereocenters. The van der Waals surface area contributed by atoms with Gasteiger partial charge in [0.15, 0.2) is 0 Å². The van der Waals surface area contributed by atoms with Gasteiger partial charge in [0.2, 0.25) is 0 Å². The first-order chi connectivity index (χ1) is 10.1. The van der Waals surface area contributed by atoms with E-state index in [1.165, 1.54) is 5.56 Å². The molecule has 2 fully saturated rings. The molecule has 1 aromatic rings. The minimum atomic E-state index is -0.198. The lowest BCUT2D eigenvalue weighted by atomic mass is 9.58. The number of ether oxygens (including phenoxy) is 1. The van der Waals surface area contributed by atoms with Gasteiger partial charge in [0, 0.05) is 42.2 Å². The van der Waals surface area contributed by atoms with Crippen molar-refractivity contribution >= 4 is 21.7 Å². The van der Waals surface area contributed by atoms with Gasteiger partial charge in [0.1, 0.15) is 5.82 Å². The Bertz CT molecular complexity index is 513. The van der Waals surface area contributed by atoms with Crippen LogP contribution in [-0.4, -0.2) is 42.0 Å². The van der Waals surface area contributed by atoms with Crippen molar-refractivity contribution < 1.29 is 9.84 Å². The van der Waals surface area contributed by atoms with Crippen LogP contribution in [0.3, 0.4) is 0 Å². The summed E-state index contributed by atoms with van der Waals surface area (Å²) in [5.41, 5.74) is 1.19. The largest absolute Gasteiger partial charge is 0.392 e. The lowest BCUT2D eigenvalue weighted by Gasteiger charge is -2.56. The molecule has 1 aliphatic heterocycles. The van der Waals surface area contributed by atoms with E-state index < -0.39 is 0 Å². The normalized spacial score (nSPS) is 27.7. The Morgan fingerprint density at radius 3 is 2.76 bits per heavy atom.